The molecule has 2 rings (SSSR count). The zero-order chi connectivity index (χ0) is 14.4. The van der Waals surface area contributed by atoms with Gasteiger partial charge in [-0.3, -0.25) is 4.79 Å². The van der Waals surface area contributed by atoms with Crippen LogP contribution in [0.3, 0.4) is 0 Å². The normalized spacial score (nSPS) is 16.2. The molecule has 0 bridgehead atoms. The van der Waals surface area contributed by atoms with Crippen LogP contribution in [0.4, 0.5) is 5.69 Å². The van der Waals surface area contributed by atoms with E-state index in [0.717, 1.165) is 12.8 Å². The van der Waals surface area contributed by atoms with Gasteiger partial charge in [-0.25, -0.2) is 0 Å². The Morgan fingerprint density at radius 3 is 2.60 bits per heavy atom. The highest BCUT2D eigenvalue weighted by Crippen LogP contribution is 2.27. The molecule has 4 heteroatoms. The van der Waals surface area contributed by atoms with Gasteiger partial charge in [-0.05, 0) is 37.0 Å². The van der Waals surface area contributed by atoms with Gasteiger partial charge in [-0.1, -0.05) is 37.3 Å². The predicted molar refractivity (Wildman–Crippen MR) is 80.6 cm³/mol. The molecule has 1 aromatic rings. The number of anilines is 1. The minimum Gasteiger partial charge on any atom is -0.325 e. The summed E-state index contributed by atoms with van der Waals surface area (Å²) < 4.78 is 0. The van der Waals surface area contributed by atoms with Gasteiger partial charge >= 0.3 is 0 Å². The fourth-order valence-corrected chi connectivity index (χ4v) is 2.95. The molecule has 1 fully saturated rings. The highest BCUT2D eigenvalue weighted by molar-refractivity contribution is 6.33. The van der Waals surface area contributed by atoms with Gasteiger partial charge in [0.1, 0.15) is 0 Å². The number of nitriles is 1. The maximum Gasteiger partial charge on any atom is 0.224 e. The fourth-order valence-electron chi connectivity index (χ4n) is 2.72. The Morgan fingerprint density at radius 1 is 1.30 bits per heavy atom. The quantitative estimate of drug-likeness (QED) is 0.833. The summed E-state index contributed by atoms with van der Waals surface area (Å²) in [6.45, 7) is 0. The Morgan fingerprint density at radius 2 is 2.00 bits per heavy atom. The van der Waals surface area contributed by atoms with Crippen LogP contribution in [0, 0.1) is 17.2 Å². The van der Waals surface area contributed by atoms with Gasteiger partial charge in [0.2, 0.25) is 5.91 Å². The average Bonchev–Trinajstić information content (AvgIpc) is 2.69. The lowest BCUT2D eigenvalue weighted by atomic mass is 9.96. The first-order valence-corrected chi connectivity index (χ1v) is 7.56. The second kappa shape index (κ2) is 7.31. The lowest BCUT2D eigenvalue weighted by Crippen LogP contribution is -2.16. The van der Waals surface area contributed by atoms with Crippen LogP contribution in [0.1, 0.15) is 50.5 Å². The third-order valence-electron chi connectivity index (χ3n) is 3.82. The van der Waals surface area contributed by atoms with E-state index in [1.54, 1.807) is 18.2 Å². The van der Waals surface area contributed by atoms with E-state index in [1.807, 2.05) is 6.07 Å². The number of nitrogens with zero attached hydrogens (tertiary/aromatic N) is 1. The van der Waals surface area contributed by atoms with E-state index in [9.17, 15) is 4.79 Å². The first-order valence-electron chi connectivity index (χ1n) is 7.18. The van der Waals surface area contributed by atoms with E-state index in [0.29, 0.717) is 28.6 Å². The number of hydrogen-bond donors (Lipinski definition) is 1. The van der Waals surface area contributed by atoms with Crippen molar-refractivity contribution in [2.24, 2.45) is 5.92 Å². The van der Waals surface area contributed by atoms with Crippen molar-refractivity contribution < 1.29 is 4.79 Å². The van der Waals surface area contributed by atoms with E-state index in [4.69, 9.17) is 16.9 Å². The van der Waals surface area contributed by atoms with Gasteiger partial charge in [-0.15, -0.1) is 0 Å². The van der Waals surface area contributed by atoms with E-state index in [2.05, 4.69) is 5.32 Å². The second-order valence-corrected chi connectivity index (χ2v) is 5.82. The molecule has 0 aromatic heterocycles. The molecule has 106 valence electrons. The number of benzene rings is 1. The molecule has 0 spiro atoms. The summed E-state index contributed by atoms with van der Waals surface area (Å²) in [5, 5.41) is 12.0. The molecule has 0 atom stereocenters. The molecule has 1 N–H and O–H groups in total. The Bertz CT molecular complexity index is 514. The first-order chi connectivity index (χ1) is 9.69. The molecule has 0 saturated heterocycles. The molecule has 1 aromatic carbocycles. The van der Waals surface area contributed by atoms with E-state index in [1.165, 1.54) is 25.7 Å². The third-order valence-corrected chi connectivity index (χ3v) is 4.13. The van der Waals surface area contributed by atoms with Crippen LogP contribution in [0.15, 0.2) is 18.2 Å². The average molecular weight is 291 g/mol. The summed E-state index contributed by atoms with van der Waals surface area (Å²) in [6, 6.07) is 6.94. The van der Waals surface area contributed by atoms with Gasteiger partial charge in [0.25, 0.3) is 0 Å². The monoisotopic (exact) mass is 290 g/mol. The highest BCUT2D eigenvalue weighted by Gasteiger charge is 2.16. The van der Waals surface area contributed by atoms with Crippen LogP contribution in [0.2, 0.25) is 5.02 Å². The fraction of sp³-hybridized carbons (Fsp3) is 0.500. The Balaban J connectivity index is 1.92. The van der Waals surface area contributed by atoms with Crippen molar-refractivity contribution in [3.05, 3.63) is 28.8 Å². The number of nitrogens with one attached hydrogen (secondary N) is 1. The third kappa shape index (κ3) is 4.25. The van der Waals surface area contributed by atoms with Crippen LogP contribution < -0.4 is 5.32 Å². The molecule has 1 aliphatic carbocycles. The molecule has 1 aliphatic rings. The van der Waals surface area contributed by atoms with Crippen LogP contribution in [-0.4, -0.2) is 5.91 Å². The molecule has 0 radical (unpaired) electrons. The smallest absolute Gasteiger partial charge is 0.224 e. The van der Waals surface area contributed by atoms with E-state index >= 15 is 0 Å². The van der Waals surface area contributed by atoms with Gasteiger partial charge in [-0.2, -0.15) is 5.26 Å². The van der Waals surface area contributed by atoms with Gasteiger partial charge in [0.05, 0.1) is 22.3 Å². The Labute approximate surface area is 124 Å². The zero-order valence-corrected chi connectivity index (χ0v) is 12.2. The van der Waals surface area contributed by atoms with Crippen LogP contribution >= 0.6 is 11.6 Å². The summed E-state index contributed by atoms with van der Waals surface area (Å²) in [6.07, 6.45) is 7.91. The number of rotatable bonds is 3. The molecule has 0 unspecified atom stereocenters. The number of amides is 1. The summed E-state index contributed by atoms with van der Waals surface area (Å²) in [4.78, 5) is 12.1. The molecule has 1 saturated carbocycles. The highest BCUT2D eigenvalue weighted by atomic mass is 35.5. The zero-order valence-electron chi connectivity index (χ0n) is 11.5. The predicted octanol–water partition coefficient (Wildman–Crippen LogP) is 4.51. The molecule has 20 heavy (non-hydrogen) atoms. The van der Waals surface area contributed by atoms with Gasteiger partial charge in [0.15, 0.2) is 0 Å². The maximum absolute atomic E-state index is 12.1. The van der Waals surface area contributed by atoms with Gasteiger partial charge < -0.3 is 5.32 Å². The van der Waals surface area contributed by atoms with Crippen molar-refractivity contribution in [1.29, 1.82) is 5.26 Å². The van der Waals surface area contributed by atoms with Crippen molar-refractivity contribution in [3.8, 4) is 6.07 Å². The van der Waals surface area contributed by atoms with Crippen LogP contribution in [0.25, 0.3) is 0 Å². The summed E-state index contributed by atoms with van der Waals surface area (Å²) >= 11 is 6.06. The number of carbonyl (C=O) groups excluding carboxylic acids is 1. The lowest BCUT2D eigenvalue weighted by Gasteiger charge is -2.14. The Kier molecular flexibility index (Phi) is 5.43. The lowest BCUT2D eigenvalue weighted by molar-refractivity contribution is -0.117. The number of carbonyl (C=O) groups is 1. The minimum absolute atomic E-state index is 0.0171. The summed E-state index contributed by atoms with van der Waals surface area (Å²) in [5.74, 6) is 0.512. The van der Waals surface area contributed by atoms with Crippen molar-refractivity contribution in [2.45, 2.75) is 44.9 Å². The second-order valence-electron chi connectivity index (χ2n) is 5.42. The first kappa shape index (κ1) is 14.9. The summed E-state index contributed by atoms with van der Waals surface area (Å²) in [7, 11) is 0. The van der Waals surface area contributed by atoms with Crippen LogP contribution in [0.5, 0.6) is 0 Å². The standard InChI is InChI=1S/C16H19ClN2O/c17-14-9-13(11-18)7-8-15(14)19-16(20)10-12-5-3-1-2-4-6-12/h7-9,12H,1-6,10H2,(H,19,20). The van der Waals surface area contributed by atoms with Crippen molar-refractivity contribution in [3.63, 3.8) is 0 Å². The van der Waals surface area contributed by atoms with Crippen molar-refractivity contribution in [2.75, 3.05) is 5.32 Å². The Hall–Kier alpha value is -1.53. The van der Waals surface area contributed by atoms with Crippen LogP contribution in [-0.2, 0) is 4.79 Å². The summed E-state index contributed by atoms with van der Waals surface area (Å²) in [5.41, 5.74) is 1.08. The van der Waals surface area contributed by atoms with Gasteiger partial charge in [0, 0.05) is 6.42 Å². The van der Waals surface area contributed by atoms with Crippen molar-refractivity contribution >= 4 is 23.2 Å². The largest absolute Gasteiger partial charge is 0.325 e. The molecule has 1 amide bonds. The minimum atomic E-state index is 0.0171. The molecule has 0 heterocycles. The maximum atomic E-state index is 12.1. The molecule has 0 aliphatic heterocycles. The molecular weight excluding hydrogens is 272 g/mol. The van der Waals surface area contributed by atoms with E-state index in [-0.39, 0.29) is 5.91 Å². The number of hydrogen-bond acceptors (Lipinski definition) is 2. The SMILES string of the molecule is N#Cc1ccc(NC(=O)CC2CCCCCC2)c(Cl)c1. The number of halogens is 1. The molecule has 3 nitrogen and oxygen atoms in total. The topological polar surface area (TPSA) is 52.9 Å². The van der Waals surface area contributed by atoms with E-state index < -0.39 is 0 Å². The molecular formula is C16H19ClN2O. The van der Waals surface area contributed by atoms with Crippen molar-refractivity contribution in [1.82, 2.24) is 0 Å².